The molecule has 2 heterocycles. The first-order valence-electron chi connectivity index (χ1n) is 9.44. The number of carbonyl (C=O) groups excluding carboxylic acids is 1. The van der Waals surface area contributed by atoms with Crippen molar-refractivity contribution in [2.45, 2.75) is 19.9 Å². The Balaban J connectivity index is 0.000000589. The van der Waals surface area contributed by atoms with Crippen molar-refractivity contribution < 1.29 is 33.4 Å². The maximum Gasteiger partial charge on any atom is 0.213 e. The Hall–Kier alpha value is -3.48. The Morgan fingerprint density at radius 1 is 0.933 bits per heavy atom. The van der Waals surface area contributed by atoms with E-state index in [0.717, 1.165) is 59.4 Å². The van der Waals surface area contributed by atoms with E-state index in [4.69, 9.17) is 28.8 Å². The highest BCUT2D eigenvalue weighted by Gasteiger charge is 2.27. The Kier molecular flexibility index (Phi) is 6.30. The van der Waals surface area contributed by atoms with Gasteiger partial charge in [-0.1, -0.05) is 0 Å². The van der Waals surface area contributed by atoms with Gasteiger partial charge in [0.25, 0.3) is 0 Å². The smallest absolute Gasteiger partial charge is 0.213 e. The molecule has 0 N–H and O–H groups in total. The van der Waals surface area contributed by atoms with E-state index in [2.05, 4.69) is 35.0 Å². The molecule has 0 bridgehead atoms. The van der Waals surface area contributed by atoms with Gasteiger partial charge in [0, 0.05) is 18.5 Å². The molecule has 0 saturated heterocycles. The van der Waals surface area contributed by atoms with Crippen LogP contribution in [0.5, 0.6) is 23.0 Å². The van der Waals surface area contributed by atoms with Gasteiger partial charge < -0.3 is 28.8 Å². The second kappa shape index (κ2) is 8.90. The minimum absolute atomic E-state index is 0.739. The number of aliphatic carboxylic acids is 1. The van der Waals surface area contributed by atoms with Gasteiger partial charge in [-0.15, -0.1) is 0 Å². The van der Waals surface area contributed by atoms with Crippen LogP contribution in [0.4, 0.5) is 0 Å². The highest BCUT2D eigenvalue weighted by molar-refractivity contribution is 5.91. The molecule has 7 nitrogen and oxygen atoms in total. The standard InChI is InChI=1S/C21H22NO4.C2H4O2/c1-23-18-6-5-13-9-17-15-11-20(25-3)19(24-2)10-14(15)7-8-22(17)12-16(13)21(18)26-4;1-2(3)4/h5-6,9-12H,7-8H2,1-4H3;1H3,(H,3,4)/q+1;/p-1. The number of carbonyl (C=O) groups is 1. The molecule has 158 valence electrons. The van der Waals surface area contributed by atoms with Gasteiger partial charge in [0.2, 0.25) is 5.69 Å². The molecule has 0 radical (unpaired) electrons. The first kappa shape index (κ1) is 21.2. The van der Waals surface area contributed by atoms with Gasteiger partial charge in [0.05, 0.1) is 39.4 Å². The maximum absolute atomic E-state index is 8.89. The predicted octanol–water partition coefficient (Wildman–Crippen LogP) is 2.14. The SMILES string of the molecule is CC(=O)[O-].COc1cc2c(cc1OC)-c1cc3ccc(OC)c(OC)c3c[n+]1CC2. The number of aryl methyl sites for hydroxylation is 2. The van der Waals surface area contributed by atoms with Crippen LogP contribution in [0.2, 0.25) is 0 Å². The number of fused-ring (bicyclic) bond motifs is 4. The van der Waals surface area contributed by atoms with E-state index < -0.39 is 5.97 Å². The molecule has 0 aliphatic carbocycles. The number of rotatable bonds is 4. The molecule has 30 heavy (non-hydrogen) atoms. The van der Waals surface area contributed by atoms with E-state index in [1.807, 2.05) is 6.07 Å². The van der Waals surface area contributed by atoms with Gasteiger partial charge in [-0.05, 0) is 42.1 Å². The van der Waals surface area contributed by atoms with Crippen molar-refractivity contribution in [1.82, 2.24) is 0 Å². The summed E-state index contributed by atoms with van der Waals surface area (Å²) in [6.45, 7) is 1.87. The molecule has 1 aliphatic heterocycles. The fourth-order valence-corrected chi connectivity index (χ4v) is 3.71. The molecule has 0 amide bonds. The Morgan fingerprint density at radius 3 is 2.17 bits per heavy atom. The largest absolute Gasteiger partial charge is 0.550 e. The number of nitrogens with zero attached hydrogens (tertiary/aromatic N) is 1. The van der Waals surface area contributed by atoms with Crippen LogP contribution in [0.15, 0.2) is 36.5 Å². The summed E-state index contributed by atoms with van der Waals surface area (Å²) in [5.41, 5.74) is 3.60. The van der Waals surface area contributed by atoms with E-state index in [1.54, 1.807) is 28.4 Å². The Bertz CT molecular complexity index is 1090. The number of benzene rings is 2. The maximum atomic E-state index is 8.89. The zero-order valence-electron chi connectivity index (χ0n) is 17.8. The number of methoxy groups -OCH3 is 4. The number of carboxylic acid groups (broad SMARTS) is 1. The summed E-state index contributed by atoms with van der Waals surface area (Å²) in [5.74, 6) is 1.93. The molecule has 1 aromatic heterocycles. The summed E-state index contributed by atoms with van der Waals surface area (Å²) >= 11 is 0. The molecule has 0 atom stereocenters. The van der Waals surface area contributed by atoms with E-state index >= 15 is 0 Å². The van der Waals surface area contributed by atoms with Crippen molar-refractivity contribution in [3.63, 3.8) is 0 Å². The van der Waals surface area contributed by atoms with Crippen molar-refractivity contribution in [2.75, 3.05) is 28.4 Å². The van der Waals surface area contributed by atoms with Crippen molar-refractivity contribution in [3.8, 4) is 34.3 Å². The molecule has 3 aromatic rings. The first-order valence-corrected chi connectivity index (χ1v) is 9.44. The fraction of sp³-hybridized carbons (Fsp3) is 0.304. The minimum Gasteiger partial charge on any atom is -0.550 e. The van der Waals surface area contributed by atoms with Crippen LogP contribution in [0, 0.1) is 0 Å². The van der Waals surface area contributed by atoms with Crippen molar-refractivity contribution >= 4 is 16.7 Å². The van der Waals surface area contributed by atoms with Gasteiger partial charge >= 0.3 is 0 Å². The fourth-order valence-electron chi connectivity index (χ4n) is 3.71. The number of ether oxygens (including phenoxy) is 4. The molecule has 2 aromatic carbocycles. The summed E-state index contributed by atoms with van der Waals surface area (Å²) in [7, 11) is 6.67. The molecule has 4 rings (SSSR count). The third-order valence-corrected chi connectivity index (χ3v) is 5.01. The van der Waals surface area contributed by atoms with Crippen LogP contribution in [-0.2, 0) is 17.8 Å². The third kappa shape index (κ3) is 3.96. The summed E-state index contributed by atoms with van der Waals surface area (Å²) in [5, 5.41) is 11.0. The van der Waals surface area contributed by atoms with Crippen molar-refractivity contribution in [2.24, 2.45) is 0 Å². The Labute approximate surface area is 175 Å². The van der Waals surface area contributed by atoms with Crippen LogP contribution in [0.25, 0.3) is 22.0 Å². The highest BCUT2D eigenvalue weighted by atomic mass is 16.5. The number of hydrogen-bond donors (Lipinski definition) is 0. The molecule has 0 fully saturated rings. The number of carboxylic acids is 1. The quantitative estimate of drug-likeness (QED) is 0.612. The van der Waals surface area contributed by atoms with Gasteiger partial charge in [-0.25, -0.2) is 0 Å². The molecular weight excluding hydrogens is 386 g/mol. The average molecular weight is 411 g/mol. The lowest BCUT2D eigenvalue weighted by Crippen LogP contribution is -2.40. The summed E-state index contributed by atoms with van der Waals surface area (Å²) in [6.07, 6.45) is 3.08. The minimum atomic E-state index is -1.08. The lowest BCUT2D eigenvalue weighted by atomic mass is 9.95. The van der Waals surface area contributed by atoms with Crippen LogP contribution >= 0.6 is 0 Å². The average Bonchev–Trinajstić information content (AvgIpc) is 2.75. The summed E-state index contributed by atoms with van der Waals surface area (Å²) in [4.78, 5) is 8.89. The third-order valence-electron chi connectivity index (χ3n) is 5.01. The number of pyridine rings is 1. The molecule has 7 heteroatoms. The second-order valence-corrected chi connectivity index (χ2v) is 6.76. The van der Waals surface area contributed by atoms with Crippen LogP contribution in [0.3, 0.4) is 0 Å². The van der Waals surface area contributed by atoms with E-state index in [-0.39, 0.29) is 0 Å². The second-order valence-electron chi connectivity index (χ2n) is 6.76. The lowest BCUT2D eigenvalue weighted by molar-refractivity contribution is -0.686. The van der Waals surface area contributed by atoms with Gasteiger partial charge in [-0.2, -0.15) is 4.57 Å². The summed E-state index contributed by atoms with van der Waals surface area (Å²) in [6, 6.07) is 10.3. The lowest BCUT2D eigenvalue weighted by Gasteiger charge is -2.19. The normalized spacial score (nSPS) is 11.5. The van der Waals surface area contributed by atoms with Crippen molar-refractivity contribution in [3.05, 3.63) is 42.1 Å². The molecule has 0 spiro atoms. The van der Waals surface area contributed by atoms with Gasteiger partial charge in [0.15, 0.2) is 35.7 Å². The number of aromatic nitrogens is 1. The molecule has 1 aliphatic rings. The predicted molar refractivity (Wildman–Crippen MR) is 110 cm³/mol. The van der Waals surface area contributed by atoms with Crippen LogP contribution < -0.4 is 28.6 Å². The van der Waals surface area contributed by atoms with Gasteiger partial charge in [-0.3, -0.25) is 0 Å². The van der Waals surface area contributed by atoms with E-state index in [0.29, 0.717) is 0 Å². The molecule has 0 unspecified atom stereocenters. The van der Waals surface area contributed by atoms with E-state index in [1.165, 1.54) is 11.1 Å². The zero-order chi connectivity index (χ0) is 21.8. The topological polar surface area (TPSA) is 80.9 Å². The highest BCUT2D eigenvalue weighted by Crippen LogP contribution is 2.39. The zero-order valence-corrected chi connectivity index (χ0v) is 17.8. The monoisotopic (exact) mass is 411 g/mol. The number of hydrogen-bond acceptors (Lipinski definition) is 6. The van der Waals surface area contributed by atoms with E-state index in [9.17, 15) is 0 Å². The van der Waals surface area contributed by atoms with Crippen LogP contribution in [0.1, 0.15) is 12.5 Å². The first-order chi connectivity index (χ1) is 14.4. The van der Waals surface area contributed by atoms with Crippen molar-refractivity contribution in [1.29, 1.82) is 0 Å². The molecule has 0 saturated carbocycles. The molecular formula is C23H25NO6. The van der Waals surface area contributed by atoms with Gasteiger partial charge in [0.1, 0.15) is 0 Å². The summed E-state index contributed by atoms with van der Waals surface area (Å²) < 4.78 is 24.3. The Morgan fingerprint density at radius 2 is 1.57 bits per heavy atom. The van der Waals surface area contributed by atoms with Crippen LogP contribution in [-0.4, -0.2) is 34.4 Å².